The molecule has 0 radical (unpaired) electrons. The van der Waals surface area contributed by atoms with E-state index in [1.807, 2.05) is 72.8 Å². The van der Waals surface area contributed by atoms with Crippen molar-refractivity contribution in [2.45, 2.75) is 32.4 Å². The Balaban J connectivity index is 1.49. The minimum absolute atomic E-state index is 0.0141. The maximum atomic E-state index is 13.0. The van der Waals surface area contributed by atoms with Crippen LogP contribution in [-0.4, -0.2) is 33.4 Å². The molecule has 6 heteroatoms. The average Bonchev–Trinajstić information content (AvgIpc) is 2.84. The lowest BCUT2D eigenvalue weighted by Gasteiger charge is -2.15. The van der Waals surface area contributed by atoms with Crippen LogP contribution in [0, 0.1) is 0 Å². The molecule has 0 aliphatic rings. The summed E-state index contributed by atoms with van der Waals surface area (Å²) in [7, 11) is 0. The molecular formula is C27H26N2O4. The summed E-state index contributed by atoms with van der Waals surface area (Å²) in [6, 6.07) is 24.5. The van der Waals surface area contributed by atoms with Crippen molar-refractivity contribution in [3.05, 3.63) is 94.8 Å². The van der Waals surface area contributed by atoms with Crippen molar-refractivity contribution >= 4 is 16.6 Å². The Morgan fingerprint density at radius 2 is 1.64 bits per heavy atom. The molecule has 1 unspecified atom stereocenters. The molecule has 4 rings (SSSR count). The normalized spacial score (nSPS) is 11.9. The first-order valence-corrected chi connectivity index (χ1v) is 11.0. The minimum Gasteiger partial charge on any atom is -0.491 e. The number of hydrogen-bond donors (Lipinski definition) is 1. The molecule has 0 amide bonds. The molecule has 6 nitrogen and oxygen atoms in total. The highest BCUT2D eigenvalue weighted by Crippen LogP contribution is 2.24. The van der Waals surface area contributed by atoms with E-state index in [1.165, 1.54) is 4.68 Å². The van der Waals surface area contributed by atoms with E-state index >= 15 is 0 Å². The lowest BCUT2D eigenvalue weighted by molar-refractivity contribution is -0.116. The lowest BCUT2D eigenvalue weighted by Crippen LogP contribution is -2.32. The van der Waals surface area contributed by atoms with Gasteiger partial charge in [0.1, 0.15) is 24.2 Å². The first kappa shape index (κ1) is 22.4. The Morgan fingerprint density at radius 3 is 2.33 bits per heavy atom. The van der Waals surface area contributed by atoms with Gasteiger partial charge in [-0.1, -0.05) is 60.7 Å². The lowest BCUT2D eigenvalue weighted by atomic mass is 10.1. The second-order valence-electron chi connectivity index (χ2n) is 8.06. The van der Waals surface area contributed by atoms with Gasteiger partial charge in [-0.2, -0.15) is 5.10 Å². The average molecular weight is 443 g/mol. The van der Waals surface area contributed by atoms with Gasteiger partial charge in [0, 0.05) is 17.4 Å². The van der Waals surface area contributed by atoms with Crippen molar-refractivity contribution in [3.63, 3.8) is 0 Å². The molecule has 1 N–H and O–H groups in total. The number of aliphatic hydroxyl groups excluding tert-OH is 1. The Labute approximate surface area is 192 Å². The molecule has 0 bridgehead atoms. The smallest absolute Gasteiger partial charge is 0.274 e. The van der Waals surface area contributed by atoms with E-state index in [4.69, 9.17) is 4.74 Å². The van der Waals surface area contributed by atoms with Crippen LogP contribution in [0.25, 0.3) is 22.0 Å². The fraction of sp³-hybridized carbons (Fsp3) is 0.222. The molecule has 1 atom stereocenters. The fourth-order valence-electron chi connectivity index (χ4n) is 3.69. The number of Topliss-reactive ketones (excluding diaryl/α,β-unsaturated/α-hetero) is 1. The monoisotopic (exact) mass is 442 g/mol. The summed E-state index contributed by atoms with van der Waals surface area (Å²) in [6.07, 6.45) is 0.285. The molecule has 0 aliphatic heterocycles. The van der Waals surface area contributed by atoms with Gasteiger partial charge in [-0.05, 0) is 37.1 Å². The molecule has 0 saturated carbocycles. The highest BCUT2D eigenvalue weighted by Gasteiger charge is 2.15. The zero-order valence-corrected chi connectivity index (χ0v) is 18.5. The largest absolute Gasteiger partial charge is 0.491 e. The van der Waals surface area contributed by atoms with Gasteiger partial charge in [-0.3, -0.25) is 4.79 Å². The van der Waals surface area contributed by atoms with E-state index in [0.29, 0.717) is 29.7 Å². The molecule has 0 fully saturated rings. The summed E-state index contributed by atoms with van der Waals surface area (Å²) >= 11 is 0. The van der Waals surface area contributed by atoms with E-state index in [9.17, 15) is 14.7 Å². The van der Waals surface area contributed by atoms with Crippen LogP contribution >= 0.6 is 0 Å². The molecule has 0 spiro atoms. The number of aliphatic hydroxyl groups is 1. The molecule has 0 aliphatic carbocycles. The van der Waals surface area contributed by atoms with Gasteiger partial charge in [0.2, 0.25) is 0 Å². The molecule has 3 aromatic carbocycles. The first-order chi connectivity index (χ1) is 16.0. The first-order valence-electron chi connectivity index (χ1n) is 11.0. The predicted octanol–water partition coefficient (Wildman–Crippen LogP) is 4.03. The third-order valence-electron chi connectivity index (χ3n) is 5.43. The third kappa shape index (κ3) is 5.54. The van der Waals surface area contributed by atoms with Crippen LogP contribution in [0.5, 0.6) is 5.75 Å². The number of benzene rings is 3. The van der Waals surface area contributed by atoms with Gasteiger partial charge >= 0.3 is 0 Å². The van der Waals surface area contributed by atoms with Gasteiger partial charge < -0.3 is 14.6 Å². The molecule has 168 valence electrons. The van der Waals surface area contributed by atoms with Crippen molar-refractivity contribution in [1.82, 2.24) is 9.78 Å². The van der Waals surface area contributed by atoms with Crippen LogP contribution in [0.4, 0.5) is 0 Å². The summed E-state index contributed by atoms with van der Waals surface area (Å²) in [5.41, 5.74) is 2.40. The third-order valence-corrected chi connectivity index (χ3v) is 5.43. The maximum absolute atomic E-state index is 13.0. The van der Waals surface area contributed by atoms with Crippen LogP contribution < -0.4 is 10.3 Å². The van der Waals surface area contributed by atoms with Crippen molar-refractivity contribution in [3.8, 4) is 17.0 Å². The maximum Gasteiger partial charge on any atom is 0.274 e. The van der Waals surface area contributed by atoms with E-state index < -0.39 is 6.10 Å². The second kappa shape index (κ2) is 10.2. The molecule has 33 heavy (non-hydrogen) atoms. The van der Waals surface area contributed by atoms with Crippen LogP contribution in [0.15, 0.2) is 83.7 Å². The van der Waals surface area contributed by atoms with Crippen LogP contribution in [0.3, 0.4) is 0 Å². The summed E-state index contributed by atoms with van der Waals surface area (Å²) in [5.74, 6) is 0.774. The Hall–Kier alpha value is -3.77. The summed E-state index contributed by atoms with van der Waals surface area (Å²) < 4.78 is 7.01. The highest BCUT2D eigenvalue weighted by molar-refractivity contribution is 5.93. The summed E-state index contributed by atoms with van der Waals surface area (Å²) in [6.45, 7) is 1.62. The SMILES string of the molecule is CC(=O)CCc1ccc(OCC(O)Cn2nc(-c3ccccc3)c3ccccc3c2=O)cc1. The minimum atomic E-state index is -0.919. The number of ketones is 1. The van der Waals surface area contributed by atoms with Gasteiger partial charge in [0.25, 0.3) is 5.56 Å². The number of rotatable bonds is 9. The second-order valence-corrected chi connectivity index (χ2v) is 8.06. The molecule has 1 aromatic heterocycles. The van der Waals surface area contributed by atoms with Crippen molar-refractivity contribution in [2.24, 2.45) is 0 Å². The number of ether oxygens (including phenoxy) is 1. The van der Waals surface area contributed by atoms with Gasteiger partial charge in [-0.25, -0.2) is 4.68 Å². The number of hydrogen-bond acceptors (Lipinski definition) is 5. The number of aromatic nitrogens is 2. The standard InChI is InChI=1S/C27H26N2O4/c1-19(30)11-12-20-13-15-23(16-14-20)33-18-22(31)17-29-27(32)25-10-6-5-9-24(25)26(28-29)21-7-3-2-4-8-21/h2-10,13-16,22,31H,11-12,17-18H2,1H3. The number of aryl methyl sites for hydroxylation is 1. The quantitative estimate of drug-likeness (QED) is 0.423. The Morgan fingerprint density at radius 1 is 0.970 bits per heavy atom. The number of nitrogens with zero attached hydrogens (tertiary/aromatic N) is 2. The van der Waals surface area contributed by atoms with E-state index in [-0.39, 0.29) is 24.5 Å². The van der Waals surface area contributed by atoms with Crippen LogP contribution in [0.1, 0.15) is 18.9 Å². The van der Waals surface area contributed by atoms with Crippen molar-refractivity contribution < 1.29 is 14.6 Å². The zero-order valence-electron chi connectivity index (χ0n) is 18.5. The fourth-order valence-corrected chi connectivity index (χ4v) is 3.69. The van der Waals surface area contributed by atoms with Gasteiger partial charge in [0.05, 0.1) is 17.6 Å². The zero-order chi connectivity index (χ0) is 23.2. The number of carbonyl (C=O) groups excluding carboxylic acids is 1. The number of fused-ring (bicyclic) bond motifs is 1. The van der Waals surface area contributed by atoms with E-state index in [2.05, 4.69) is 5.10 Å². The van der Waals surface area contributed by atoms with Crippen LogP contribution in [-0.2, 0) is 17.8 Å². The summed E-state index contributed by atoms with van der Waals surface area (Å²) in [4.78, 5) is 24.1. The summed E-state index contributed by atoms with van der Waals surface area (Å²) in [5, 5.41) is 16.5. The van der Waals surface area contributed by atoms with Crippen molar-refractivity contribution in [1.29, 1.82) is 0 Å². The highest BCUT2D eigenvalue weighted by atomic mass is 16.5. The topological polar surface area (TPSA) is 81.4 Å². The van der Waals surface area contributed by atoms with E-state index in [0.717, 1.165) is 16.5 Å². The molecule has 0 saturated heterocycles. The number of carbonyl (C=O) groups is 1. The van der Waals surface area contributed by atoms with Crippen LogP contribution in [0.2, 0.25) is 0 Å². The van der Waals surface area contributed by atoms with Crippen molar-refractivity contribution in [2.75, 3.05) is 6.61 Å². The molecular weight excluding hydrogens is 416 g/mol. The molecule has 4 aromatic rings. The van der Waals surface area contributed by atoms with Gasteiger partial charge in [-0.15, -0.1) is 0 Å². The predicted molar refractivity (Wildman–Crippen MR) is 128 cm³/mol. The molecule has 1 heterocycles. The Kier molecular flexibility index (Phi) is 6.95. The Bertz CT molecular complexity index is 1300. The van der Waals surface area contributed by atoms with Gasteiger partial charge in [0.15, 0.2) is 0 Å². The van der Waals surface area contributed by atoms with E-state index in [1.54, 1.807) is 13.0 Å².